The number of rotatable bonds is 4. The highest BCUT2D eigenvalue weighted by Gasteiger charge is 2.02. The molecule has 2 heteroatoms. The molecule has 0 aliphatic carbocycles. The second-order valence-electron chi connectivity index (χ2n) is 3.25. The summed E-state index contributed by atoms with van der Waals surface area (Å²) in [5.74, 6) is 0. The van der Waals surface area contributed by atoms with E-state index in [4.69, 9.17) is 0 Å². The Labute approximate surface area is 94.3 Å². The maximum Gasteiger partial charge on any atom is 0.0295 e. The number of hydrogen-bond acceptors (Lipinski definition) is 1. The van der Waals surface area contributed by atoms with Gasteiger partial charge in [0.05, 0.1) is 0 Å². The second kappa shape index (κ2) is 5.99. The van der Waals surface area contributed by atoms with Crippen LogP contribution in [0.25, 0.3) is 0 Å². The molecule has 1 nitrogen and oxygen atoms in total. The molecule has 0 spiro atoms. The number of benzene rings is 1. The predicted octanol–water partition coefficient (Wildman–Crippen LogP) is 3.64. The molecule has 0 aromatic heterocycles. The molecule has 1 rings (SSSR count). The van der Waals surface area contributed by atoms with E-state index < -0.39 is 0 Å². The van der Waals surface area contributed by atoms with Crippen molar-refractivity contribution in [1.82, 2.24) is 5.32 Å². The van der Waals surface area contributed by atoms with Crippen molar-refractivity contribution in [1.29, 1.82) is 0 Å². The van der Waals surface area contributed by atoms with Crippen LogP contribution in [0.1, 0.15) is 25.5 Å². The molecule has 0 heterocycles. The monoisotopic (exact) mass is 253 g/mol. The average Bonchev–Trinajstić information content (AvgIpc) is 2.26. The Morgan fingerprint density at radius 3 is 2.64 bits per heavy atom. The lowest BCUT2D eigenvalue weighted by Gasteiger charge is -2.13. The molecule has 76 valence electrons. The normalized spacial score (nSPS) is 14.1. The van der Waals surface area contributed by atoms with Crippen molar-refractivity contribution in [3.63, 3.8) is 0 Å². The number of hydrogen-bond donors (Lipinski definition) is 1. The fourth-order valence-corrected chi connectivity index (χ4v) is 1.37. The highest BCUT2D eigenvalue weighted by Crippen LogP contribution is 2.12. The van der Waals surface area contributed by atoms with E-state index in [2.05, 4.69) is 58.5 Å². The molecule has 0 radical (unpaired) electrons. The van der Waals surface area contributed by atoms with Crippen LogP contribution in [0.2, 0.25) is 0 Å². The van der Waals surface area contributed by atoms with Crippen molar-refractivity contribution in [2.24, 2.45) is 0 Å². The fraction of sp³-hybridized carbons (Fsp3) is 0.333. The molecule has 1 aromatic rings. The van der Waals surface area contributed by atoms with Crippen LogP contribution < -0.4 is 5.32 Å². The summed E-state index contributed by atoms with van der Waals surface area (Å²) in [7, 11) is 0. The molecule has 0 unspecified atom stereocenters. The Balaban J connectivity index is 2.47. The van der Waals surface area contributed by atoms with Crippen LogP contribution in [-0.2, 0) is 0 Å². The van der Waals surface area contributed by atoms with E-state index in [-0.39, 0.29) is 0 Å². The SMILES string of the molecule is C/C=C(\Br)CN[C@@H](C)c1ccccc1. The summed E-state index contributed by atoms with van der Waals surface area (Å²) >= 11 is 3.48. The van der Waals surface area contributed by atoms with Crippen LogP contribution in [0, 0.1) is 0 Å². The third-order valence-corrected chi connectivity index (χ3v) is 2.93. The van der Waals surface area contributed by atoms with Gasteiger partial charge in [0.15, 0.2) is 0 Å². The Kier molecular flexibility index (Phi) is 4.91. The smallest absolute Gasteiger partial charge is 0.0295 e. The van der Waals surface area contributed by atoms with Crippen LogP contribution in [0.3, 0.4) is 0 Å². The van der Waals surface area contributed by atoms with E-state index in [1.807, 2.05) is 13.0 Å². The minimum absolute atomic E-state index is 0.392. The number of halogens is 1. The van der Waals surface area contributed by atoms with Crippen molar-refractivity contribution >= 4 is 15.9 Å². The Bertz CT molecular complexity index is 292. The zero-order chi connectivity index (χ0) is 10.4. The lowest BCUT2D eigenvalue weighted by molar-refractivity contribution is 0.615. The fourth-order valence-electron chi connectivity index (χ4n) is 1.21. The lowest BCUT2D eigenvalue weighted by atomic mass is 10.1. The minimum atomic E-state index is 0.392. The maximum atomic E-state index is 3.48. The summed E-state index contributed by atoms with van der Waals surface area (Å²) < 4.78 is 1.19. The number of allylic oxidation sites excluding steroid dienone is 1. The molecular weight excluding hydrogens is 238 g/mol. The van der Waals surface area contributed by atoms with Gasteiger partial charge in [-0.15, -0.1) is 0 Å². The summed E-state index contributed by atoms with van der Waals surface area (Å²) in [5.41, 5.74) is 1.32. The third kappa shape index (κ3) is 3.64. The molecule has 0 bridgehead atoms. The summed E-state index contributed by atoms with van der Waals surface area (Å²) in [6.07, 6.45) is 2.06. The summed E-state index contributed by atoms with van der Waals surface area (Å²) in [6, 6.07) is 10.8. The molecule has 0 aliphatic heterocycles. The zero-order valence-corrected chi connectivity index (χ0v) is 10.2. The molecule has 0 saturated heterocycles. The quantitative estimate of drug-likeness (QED) is 0.865. The van der Waals surface area contributed by atoms with Crippen molar-refractivity contribution in [3.05, 3.63) is 46.5 Å². The van der Waals surface area contributed by atoms with Gasteiger partial charge in [-0.05, 0) is 19.4 Å². The highest BCUT2D eigenvalue weighted by atomic mass is 79.9. The standard InChI is InChI=1S/C12H16BrN/c1-3-12(13)9-14-10(2)11-7-5-4-6-8-11/h3-8,10,14H,9H2,1-2H3/b12-3-/t10-/m0/s1. The van der Waals surface area contributed by atoms with E-state index in [9.17, 15) is 0 Å². The molecule has 0 fully saturated rings. The Morgan fingerprint density at radius 2 is 2.07 bits per heavy atom. The molecule has 0 amide bonds. The first-order chi connectivity index (χ1) is 6.74. The van der Waals surface area contributed by atoms with Crippen molar-refractivity contribution in [2.75, 3.05) is 6.54 Å². The molecule has 1 N–H and O–H groups in total. The van der Waals surface area contributed by atoms with E-state index >= 15 is 0 Å². The topological polar surface area (TPSA) is 12.0 Å². The van der Waals surface area contributed by atoms with Gasteiger partial charge in [0.1, 0.15) is 0 Å². The largest absolute Gasteiger partial charge is 0.306 e. The Morgan fingerprint density at radius 1 is 1.43 bits per heavy atom. The second-order valence-corrected chi connectivity index (χ2v) is 4.27. The van der Waals surface area contributed by atoms with Gasteiger partial charge in [-0.1, -0.05) is 52.3 Å². The average molecular weight is 254 g/mol. The maximum absolute atomic E-state index is 3.48. The van der Waals surface area contributed by atoms with Crippen LogP contribution in [-0.4, -0.2) is 6.54 Å². The van der Waals surface area contributed by atoms with Gasteiger partial charge in [-0.25, -0.2) is 0 Å². The summed E-state index contributed by atoms with van der Waals surface area (Å²) in [5, 5.41) is 3.43. The Hall–Kier alpha value is -0.600. The van der Waals surface area contributed by atoms with Crippen LogP contribution in [0.4, 0.5) is 0 Å². The number of nitrogens with one attached hydrogen (secondary N) is 1. The molecule has 1 atom stereocenters. The molecule has 14 heavy (non-hydrogen) atoms. The van der Waals surface area contributed by atoms with Gasteiger partial charge in [-0.3, -0.25) is 0 Å². The van der Waals surface area contributed by atoms with Gasteiger partial charge in [0, 0.05) is 17.1 Å². The first kappa shape index (κ1) is 11.5. The first-order valence-corrected chi connectivity index (χ1v) is 5.62. The summed E-state index contributed by atoms with van der Waals surface area (Å²) in [6.45, 7) is 5.08. The van der Waals surface area contributed by atoms with Gasteiger partial charge in [0.2, 0.25) is 0 Å². The van der Waals surface area contributed by atoms with Crippen molar-refractivity contribution < 1.29 is 0 Å². The van der Waals surface area contributed by atoms with Crippen molar-refractivity contribution in [3.8, 4) is 0 Å². The lowest BCUT2D eigenvalue weighted by Crippen LogP contribution is -2.19. The minimum Gasteiger partial charge on any atom is -0.306 e. The van der Waals surface area contributed by atoms with E-state index in [0.717, 1.165) is 6.54 Å². The highest BCUT2D eigenvalue weighted by molar-refractivity contribution is 9.11. The van der Waals surface area contributed by atoms with Crippen LogP contribution >= 0.6 is 15.9 Å². The van der Waals surface area contributed by atoms with E-state index in [1.165, 1.54) is 10.0 Å². The van der Waals surface area contributed by atoms with E-state index in [1.54, 1.807) is 0 Å². The van der Waals surface area contributed by atoms with E-state index in [0.29, 0.717) is 6.04 Å². The summed E-state index contributed by atoms with van der Waals surface area (Å²) in [4.78, 5) is 0. The zero-order valence-electron chi connectivity index (χ0n) is 8.63. The van der Waals surface area contributed by atoms with Gasteiger partial charge < -0.3 is 5.32 Å². The van der Waals surface area contributed by atoms with Gasteiger partial charge in [0.25, 0.3) is 0 Å². The van der Waals surface area contributed by atoms with Crippen LogP contribution in [0.5, 0.6) is 0 Å². The predicted molar refractivity (Wildman–Crippen MR) is 65.5 cm³/mol. The third-order valence-electron chi connectivity index (χ3n) is 2.19. The molecular formula is C12H16BrN. The molecule has 1 aromatic carbocycles. The van der Waals surface area contributed by atoms with Gasteiger partial charge >= 0.3 is 0 Å². The van der Waals surface area contributed by atoms with Crippen LogP contribution in [0.15, 0.2) is 40.9 Å². The van der Waals surface area contributed by atoms with Crippen molar-refractivity contribution in [2.45, 2.75) is 19.9 Å². The molecule has 0 aliphatic rings. The first-order valence-electron chi connectivity index (χ1n) is 4.83. The van der Waals surface area contributed by atoms with Gasteiger partial charge in [-0.2, -0.15) is 0 Å². The molecule has 0 saturated carbocycles.